The maximum absolute atomic E-state index is 6.02. The van der Waals surface area contributed by atoms with Crippen molar-refractivity contribution in [3.63, 3.8) is 0 Å². The number of hydrogen-bond acceptors (Lipinski definition) is 2. The fourth-order valence-electron chi connectivity index (χ4n) is 2.61. The van der Waals surface area contributed by atoms with E-state index in [0.717, 1.165) is 29.4 Å². The van der Waals surface area contributed by atoms with Crippen molar-refractivity contribution in [2.75, 3.05) is 11.4 Å². The summed E-state index contributed by atoms with van der Waals surface area (Å²) in [7, 11) is 0. The monoisotopic (exact) mass is 338 g/mol. The Morgan fingerprint density at radius 1 is 1.30 bits per heavy atom. The summed E-state index contributed by atoms with van der Waals surface area (Å²) in [5.74, 6) is 0.750. The molecule has 1 saturated carbocycles. The van der Waals surface area contributed by atoms with Gasteiger partial charge in [-0.15, -0.1) is 0 Å². The predicted molar refractivity (Wildman–Crippen MR) is 91.3 cm³/mol. The minimum Gasteiger partial charge on any atom is -0.368 e. The van der Waals surface area contributed by atoms with Crippen LogP contribution in [0, 0.1) is 5.92 Å². The molecule has 0 radical (unpaired) electrons. The maximum atomic E-state index is 6.02. The zero-order valence-corrected chi connectivity index (χ0v) is 14.5. The van der Waals surface area contributed by atoms with Gasteiger partial charge in [0.15, 0.2) is 0 Å². The number of rotatable bonds is 7. The van der Waals surface area contributed by atoms with Crippen molar-refractivity contribution < 1.29 is 0 Å². The molecule has 0 amide bonds. The summed E-state index contributed by atoms with van der Waals surface area (Å²) in [4.78, 5) is 2.61. The third kappa shape index (κ3) is 4.49. The van der Waals surface area contributed by atoms with E-state index in [9.17, 15) is 0 Å². The molecule has 112 valence electrons. The number of hydrogen-bond donors (Lipinski definition) is 1. The molecular weight excluding hydrogens is 312 g/mol. The molecule has 20 heavy (non-hydrogen) atoms. The van der Waals surface area contributed by atoms with Crippen molar-refractivity contribution in [2.45, 2.75) is 58.5 Å². The molecule has 0 aromatic heterocycles. The first kappa shape index (κ1) is 15.8. The summed E-state index contributed by atoms with van der Waals surface area (Å²) in [5.41, 5.74) is 8.79. The molecule has 0 bridgehead atoms. The highest BCUT2D eigenvalue weighted by Crippen LogP contribution is 2.36. The Kier molecular flexibility index (Phi) is 5.50. The van der Waals surface area contributed by atoms with Crippen LogP contribution < -0.4 is 10.6 Å². The molecular formula is C17H27BrN2. The van der Waals surface area contributed by atoms with Crippen LogP contribution in [0.25, 0.3) is 0 Å². The van der Waals surface area contributed by atoms with Gasteiger partial charge in [-0.1, -0.05) is 35.8 Å². The molecule has 3 heteroatoms. The first-order chi connectivity index (χ1) is 9.47. The lowest BCUT2D eigenvalue weighted by molar-refractivity contribution is 0.569. The Hall–Kier alpha value is -0.540. The van der Waals surface area contributed by atoms with Crippen LogP contribution in [0.1, 0.15) is 45.6 Å². The average molecular weight is 339 g/mol. The highest BCUT2D eigenvalue weighted by molar-refractivity contribution is 9.10. The molecule has 2 rings (SSSR count). The van der Waals surface area contributed by atoms with Gasteiger partial charge in [-0.25, -0.2) is 0 Å². The molecule has 0 saturated heterocycles. The molecule has 2 nitrogen and oxygen atoms in total. The van der Waals surface area contributed by atoms with Crippen molar-refractivity contribution in [3.8, 4) is 0 Å². The number of anilines is 1. The highest BCUT2D eigenvalue weighted by Gasteiger charge is 2.30. The molecule has 2 N–H and O–H groups in total. The van der Waals surface area contributed by atoms with Crippen molar-refractivity contribution in [1.29, 1.82) is 0 Å². The van der Waals surface area contributed by atoms with Crippen LogP contribution in [-0.2, 0) is 6.42 Å². The minimum absolute atomic E-state index is 0.209. The first-order valence-electron chi connectivity index (χ1n) is 7.78. The normalized spacial score (nSPS) is 16.5. The van der Waals surface area contributed by atoms with E-state index in [1.54, 1.807) is 0 Å². The minimum atomic E-state index is 0.209. The van der Waals surface area contributed by atoms with Crippen LogP contribution in [0.15, 0.2) is 22.7 Å². The van der Waals surface area contributed by atoms with Crippen molar-refractivity contribution in [1.82, 2.24) is 0 Å². The lowest BCUT2D eigenvalue weighted by atomic mass is 10.0. The lowest BCUT2D eigenvalue weighted by Gasteiger charge is -2.28. The number of nitrogens with two attached hydrogens (primary N) is 1. The Morgan fingerprint density at radius 2 is 2.00 bits per heavy atom. The molecule has 1 atom stereocenters. The quantitative estimate of drug-likeness (QED) is 0.800. The Bertz CT molecular complexity index is 439. The summed E-state index contributed by atoms with van der Waals surface area (Å²) in [6.45, 7) is 7.84. The van der Waals surface area contributed by atoms with Crippen LogP contribution in [-0.4, -0.2) is 18.6 Å². The molecule has 0 aliphatic heterocycles. The van der Waals surface area contributed by atoms with Crippen molar-refractivity contribution >= 4 is 21.6 Å². The third-order valence-electron chi connectivity index (χ3n) is 3.83. The molecule has 1 unspecified atom stereocenters. The van der Waals surface area contributed by atoms with E-state index in [1.807, 2.05) is 0 Å². The third-order valence-corrected chi connectivity index (χ3v) is 4.33. The van der Waals surface area contributed by atoms with Gasteiger partial charge in [-0.05, 0) is 56.2 Å². The van der Waals surface area contributed by atoms with Gasteiger partial charge in [0.05, 0.1) is 0 Å². The fourth-order valence-corrected chi connectivity index (χ4v) is 2.96. The van der Waals surface area contributed by atoms with Crippen molar-refractivity contribution in [2.24, 2.45) is 11.7 Å². The zero-order valence-electron chi connectivity index (χ0n) is 12.9. The summed E-state index contributed by atoms with van der Waals surface area (Å²) in [6, 6.07) is 7.59. The standard InChI is InChI=1S/C17H27BrN2/c1-12(2)8-9-20(16-6-7-16)17-11-15(18)5-4-14(17)10-13(3)19/h4-5,11-13,16H,6-10,19H2,1-3H3. The van der Waals surface area contributed by atoms with Gasteiger partial charge in [-0.3, -0.25) is 0 Å². The van der Waals surface area contributed by atoms with Crippen molar-refractivity contribution in [3.05, 3.63) is 28.2 Å². The SMILES string of the molecule is CC(C)CCN(c1cc(Br)ccc1CC(C)N)C1CC1. The molecule has 1 aromatic carbocycles. The molecule has 1 aliphatic carbocycles. The van der Waals surface area contributed by atoms with E-state index in [-0.39, 0.29) is 6.04 Å². The molecule has 0 spiro atoms. The fraction of sp³-hybridized carbons (Fsp3) is 0.647. The van der Waals surface area contributed by atoms with Gasteiger partial charge in [0, 0.05) is 28.8 Å². The van der Waals surface area contributed by atoms with Crippen LogP contribution in [0.2, 0.25) is 0 Å². The van der Waals surface area contributed by atoms with Gasteiger partial charge in [0.1, 0.15) is 0 Å². The second kappa shape index (κ2) is 6.95. The average Bonchev–Trinajstić information content (AvgIpc) is 3.16. The summed E-state index contributed by atoms with van der Waals surface area (Å²) < 4.78 is 1.16. The van der Waals surface area contributed by atoms with Gasteiger partial charge >= 0.3 is 0 Å². The van der Waals surface area contributed by atoms with Gasteiger partial charge in [0.25, 0.3) is 0 Å². The van der Waals surface area contributed by atoms with E-state index in [2.05, 4.69) is 59.8 Å². The van der Waals surface area contributed by atoms with Gasteiger partial charge in [-0.2, -0.15) is 0 Å². The summed E-state index contributed by atoms with van der Waals surface area (Å²) >= 11 is 3.62. The van der Waals surface area contributed by atoms with E-state index in [1.165, 1.54) is 30.5 Å². The maximum Gasteiger partial charge on any atom is 0.0413 e. The van der Waals surface area contributed by atoms with Crippen LogP contribution in [0.5, 0.6) is 0 Å². The molecule has 1 aromatic rings. The first-order valence-corrected chi connectivity index (χ1v) is 8.57. The molecule has 1 aliphatic rings. The van der Waals surface area contributed by atoms with E-state index < -0.39 is 0 Å². The summed E-state index contributed by atoms with van der Waals surface area (Å²) in [6.07, 6.45) is 4.87. The van der Waals surface area contributed by atoms with E-state index >= 15 is 0 Å². The number of halogens is 1. The second-order valence-electron chi connectivity index (χ2n) is 6.56. The highest BCUT2D eigenvalue weighted by atomic mass is 79.9. The number of nitrogens with zero attached hydrogens (tertiary/aromatic N) is 1. The smallest absolute Gasteiger partial charge is 0.0413 e. The lowest BCUT2D eigenvalue weighted by Crippen LogP contribution is -2.30. The summed E-state index contributed by atoms with van der Waals surface area (Å²) in [5, 5.41) is 0. The van der Waals surface area contributed by atoms with Crippen LogP contribution in [0.4, 0.5) is 5.69 Å². The topological polar surface area (TPSA) is 29.3 Å². The van der Waals surface area contributed by atoms with E-state index in [0.29, 0.717) is 0 Å². The zero-order chi connectivity index (χ0) is 14.7. The Labute approximate surface area is 131 Å². The van der Waals surface area contributed by atoms with Crippen LogP contribution in [0.3, 0.4) is 0 Å². The Morgan fingerprint density at radius 3 is 2.55 bits per heavy atom. The largest absolute Gasteiger partial charge is 0.368 e. The second-order valence-corrected chi connectivity index (χ2v) is 7.48. The Balaban J connectivity index is 2.23. The molecule has 0 heterocycles. The molecule has 1 fully saturated rings. The van der Waals surface area contributed by atoms with Gasteiger partial charge in [0.2, 0.25) is 0 Å². The van der Waals surface area contributed by atoms with Crippen LogP contribution >= 0.6 is 15.9 Å². The number of benzene rings is 1. The predicted octanol–water partition coefficient (Wildman–Crippen LogP) is 4.35. The van der Waals surface area contributed by atoms with E-state index in [4.69, 9.17) is 5.73 Å². The van der Waals surface area contributed by atoms with Gasteiger partial charge < -0.3 is 10.6 Å².